The molecule has 3 fully saturated rings. The molecule has 4 aromatic rings. The molecule has 12 heteroatoms. The number of benzene rings is 1. The Kier molecular flexibility index (Phi) is 11.5. The molecule has 0 saturated heterocycles. The molecule has 2 N–H and O–H groups in total. The second-order valence-electron chi connectivity index (χ2n) is 18.3. The first-order valence-electron chi connectivity index (χ1n) is 21.1. The molecule has 3 spiro atoms. The molecule has 3 heterocycles. The average Bonchev–Trinajstić information content (AvgIpc) is 4.19. The minimum atomic E-state index is -1.02. The Balaban J connectivity index is 0.000000136. The van der Waals surface area contributed by atoms with Crippen molar-refractivity contribution in [3.8, 4) is 0 Å². The average molecular weight is 842 g/mol. The van der Waals surface area contributed by atoms with Crippen LogP contribution in [-0.2, 0) is 0 Å². The Labute approximate surface area is 360 Å². The van der Waals surface area contributed by atoms with Crippen LogP contribution in [0.4, 0.5) is 29.2 Å². The summed E-state index contributed by atoms with van der Waals surface area (Å²) < 4.78 is 54.8. The van der Waals surface area contributed by atoms with E-state index in [2.05, 4.69) is 76.1 Å². The minimum absolute atomic E-state index is 0.117. The lowest BCUT2D eigenvalue weighted by molar-refractivity contribution is 0.101. The first-order chi connectivity index (χ1) is 29.6. The number of pyridine rings is 1. The maximum Gasteiger partial charge on any atom is 0.262 e. The van der Waals surface area contributed by atoms with E-state index in [9.17, 15) is 22.4 Å². The normalized spacial score (nSPS) is 19.2. The number of hydrogen-bond donors (Lipinski definition) is 2. The summed E-state index contributed by atoms with van der Waals surface area (Å²) >= 11 is 0. The van der Waals surface area contributed by atoms with Crippen LogP contribution in [0.2, 0.25) is 0 Å². The first kappa shape index (κ1) is 42.6. The molecule has 3 saturated carbocycles. The van der Waals surface area contributed by atoms with Gasteiger partial charge in [0, 0.05) is 5.70 Å². The van der Waals surface area contributed by atoms with Gasteiger partial charge in [-0.1, -0.05) is 48.6 Å². The zero-order valence-electron chi connectivity index (χ0n) is 35.5. The van der Waals surface area contributed by atoms with Crippen molar-refractivity contribution < 1.29 is 22.4 Å². The van der Waals surface area contributed by atoms with E-state index in [4.69, 9.17) is 0 Å². The molecule has 1 aromatic carbocycles. The van der Waals surface area contributed by atoms with Gasteiger partial charge < -0.3 is 10.6 Å². The molecular weight excluding hydrogens is 791 g/mol. The molecular formula is C50H51F4N7O. The number of hydrogen-bond acceptors (Lipinski definition) is 7. The molecule has 0 radical (unpaired) electrons. The van der Waals surface area contributed by atoms with Crippen LogP contribution in [-0.4, -0.2) is 30.8 Å². The fraction of sp³-hybridized carbons (Fsp3) is 0.360. The Hall–Kier alpha value is -6.04. The van der Waals surface area contributed by atoms with Crippen LogP contribution >= 0.6 is 0 Å². The lowest BCUT2D eigenvalue weighted by atomic mass is 10.00. The number of nitrogens with zero attached hydrogens (tertiary/aromatic N) is 5. The third-order valence-corrected chi connectivity index (χ3v) is 13.4. The number of anilines is 2. The number of carbonyl (C=O) groups is 1. The van der Waals surface area contributed by atoms with Gasteiger partial charge in [0.2, 0.25) is 0 Å². The highest BCUT2D eigenvalue weighted by atomic mass is 19.1. The van der Waals surface area contributed by atoms with Gasteiger partial charge in [-0.15, -0.1) is 0 Å². The predicted molar refractivity (Wildman–Crippen MR) is 235 cm³/mol. The summed E-state index contributed by atoms with van der Waals surface area (Å²) in [6.45, 7) is 18.0. The van der Waals surface area contributed by atoms with E-state index in [-0.39, 0.29) is 17.1 Å². The maximum absolute atomic E-state index is 13.8. The second-order valence-corrected chi connectivity index (χ2v) is 18.3. The van der Waals surface area contributed by atoms with Crippen molar-refractivity contribution in [3.63, 3.8) is 0 Å². The quantitative estimate of drug-likeness (QED) is 0.128. The molecule has 3 aromatic heterocycles. The monoisotopic (exact) mass is 841 g/mol. The van der Waals surface area contributed by atoms with E-state index >= 15 is 0 Å². The van der Waals surface area contributed by atoms with E-state index in [0.717, 1.165) is 55.0 Å². The zero-order valence-corrected chi connectivity index (χ0v) is 35.5. The molecule has 1 amide bonds. The van der Waals surface area contributed by atoms with E-state index in [1.807, 2.05) is 6.08 Å². The Morgan fingerprint density at radius 1 is 0.597 bits per heavy atom. The van der Waals surface area contributed by atoms with Gasteiger partial charge in [-0.25, -0.2) is 27.5 Å². The van der Waals surface area contributed by atoms with Crippen LogP contribution in [0.3, 0.4) is 0 Å². The summed E-state index contributed by atoms with van der Waals surface area (Å²) in [5.74, 6) is -3.75. The van der Waals surface area contributed by atoms with Crippen molar-refractivity contribution in [1.29, 1.82) is 0 Å². The fourth-order valence-corrected chi connectivity index (χ4v) is 9.40. The summed E-state index contributed by atoms with van der Waals surface area (Å²) in [5.41, 5.74) is 12.0. The van der Waals surface area contributed by atoms with Gasteiger partial charge in [0.05, 0.1) is 54.1 Å². The van der Waals surface area contributed by atoms with Crippen molar-refractivity contribution in [3.05, 3.63) is 155 Å². The highest BCUT2D eigenvalue weighted by Crippen LogP contribution is 2.62. The number of nitrogens with one attached hydrogen (secondary N) is 2. The highest BCUT2D eigenvalue weighted by Gasteiger charge is 2.49. The maximum atomic E-state index is 13.8. The van der Waals surface area contributed by atoms with Crippen molar-refractivity contribution in [2.75, 3.05) is 10.6 Å². The van der Waals surface area contributed by atoms with Gasteiger partial charge in [-0.3, -0.25) is 19.7 Å². The van der Waals surface area contributed by atoms with Gasteiger partial charge in [-0.05, 0) is 148 Å². The summed E-state index contributed by atoms with van der Waals surface area (Å²) in [4.78, 5) is 32.7. The predicted octanol–water partition coefficient (Wildman–Crippen LogP) is 12.6. The highest BCUT2D eigenvalue weighted by molar-refractivity contribution is 6.04. The van der Waals surface area contributed by atoms with Crippen molar-refractivity contribution in [1.82, 2.24) is 24.9 Å². The topological polar surface area (TPSA) is 106 Å². The zero-order chi connectivity index (χ0) is 44.0. The van der Waals surface area contributed by atoms with Crippen molar-refractivity contribution in [2.24, 2.45) is 16.2 Å². The molecule has 62 heavy (non-hydrogen) atoms. The molecule has 0 atom stereocenters. The Bertz CT molecular complexity index is 2390. The number of rotatable bonds is 9. The van der Waals surface area contributed by atoms with Gasteiger partial charge in [0.1, 0.15) is 23.0 Å². The summed E-state index contributed by atoms with van der Waals surface area (Å²) in [6.07, 6.45) is 24.7. The number of amides is 1. The Morgan fingerprint density at radius 3 is 1.48 bits per heavy atom. The largest absolute Gasteiger partial charge is 0.339 e. The number of aromatic nitrogens is 5. The third kappa shape index (κ3) is 9.10. The molecule has 8 nitrogen and oxygen atoms in total. The van der Waals surface area contributed by atoms with Crippen molar-refractivity contribution in [2.45, 2.75) is 97.8 Å². The number of carbonyl (C=O) groups excluding carboxylic acids is 1. The summed E-state index contributed by atoms with van der Waals surface area (Å²) in [6, 6.07) is 3.71. The van der Waals surface area contributed by atoms with E-state index in [0.29, 0.717) is 22.1 Å². The summed E-state index contributed by atoms with van der Waals surface area (Å²) in [7, 11) is 0. The molecule has 320 valence electrons. The Morgan fingerprint density at radius 2 is 1.06 bits per heavy atom. The molecule has 0 aliphatic heterocycles. The van der Waals surface area contributed by atoms with Crippen LogP contribution in [0.25, 0.3) is 16.8 Å². The molecule has 10 rings (SSSR count). The summed E-state index contributed by atoms with van der Waals surface area (Å²) in [5, 5.41) is 5.19. The molecule has 0 bridgehead atoms. The van der Waals surface area contributed by atoms with Gasteiger partial charge in [-0.2, -0.15) is 0 Å². The fourth-order valence-electron chi connectivity index (χ4n) is 9.40. The SMILES string of the molecule is C=C(Nc1cnc(C2=C(C)CC3(CC3)C2)cn1)c1c(F)cccc1F.C=CC(=C)C1=C(C)CC2(CC2)C1.CC1=C(c2cnc(NC(=O)c3c(F)cncc3F)cn2)CC2(CC2)C1. The molecule has 6 aliphatic carbocycles. The van der Waals surface area contributed by atoms with Gasteiger partial charge >= 0.3 is 0 Å². The van der Waals surface area contributed by atoms with Gasteiger partial charge in [0.15, 0.2) is 17.5 Å². The van der Waals surface area contributed by atoms with Crippen LogP contribution in [0.5, 0.6) is 0 Å². The lowest BCUT2D eigenvalue weighted by Crippen LogP contribution is -2.17. The second kappa shape index (κ2) is 16.7. The van der Waals surface area contributed by atoms with Crippen LogP contribution in [0.1, 0.15) is 125 Å². The smallest absolute Gasteiger partial charge is 0.262 e. The molecule has 6 aliphatic rings. The van der Waals surface area contributed by atoms with Gasteiger partial charge in [0.25, 0.3) is 5.91 Å². The molecule has 0 unspecified atom stereocenters. The van der Waals surface area contributed by atoms with Crippen LogP contribution in [0, 0.1) is 39.5 Å². The van der Waals surface area contributed by atoms with E-state index in [1.165, 1.54) is 104 Å². The van der Waals surface area contributed by atoms with E-state index < -0.39 is 34.7 Å². The lowest BCUT2D eigenvalue weighted by Gasteiger charge is -2.11. The standard InChI is InChI=1S/C20H19F2N3.C18H16F2N4O.C12H16/c1-12-8-20(6-7-20)9-14(12)17-10-24-18(11-23-17)25-13(2)19-15(21)4-3-5-16(19)22;1-10-4-18(2-3-18)5-11(10)14-8-23-15(9-22-14)24-17(25)16-12(19)6-21-7-13(16)20;1-4-9(2)11-8-12(5-6-12)7-10(11)3/h3-5,10-11H,2,6-9H2,1H3,(H,24,25);6-9H,2-5H2,1H3,(H,23,24,25);4H,1-2,5-8H2,3H3. The number of halogens is 4. The third-order valence-electron chi connectivity index (χ3n) is 13.4. The van der Waals surface area contributed by atoms with Crippen LogP contribution < -0.4 is 10.6 Å². The van der Waals surface area contributed by atoms with Crippen molar-refractivity contribution >= 4 is 34.4 Å². The van der Waals surface area contributed by atoms with E-state index in [1.54, 1.807) is 24.2 Å². The first-order valence-corrected chi connectivity index (χ1v) is 21.1. The van der Waals surface area contributed by atoms with Crippen LogP contribution in [0.15, 0.2) is 109 Å². The number of allylic oxidation sites excluding steroid dienone is 8. The minimum Gasteiger partial charge on any atom is -0.339 e.